The molecule has 2 N–H and O–H groups in total. The van der Waals surface area contributed by atoms with Gasteiger partial charge in [0.05, 0.1) is 5.60 Å². The second-order valence-electron chi connectivity index (χ2n) is 5.65. The molecule has 3 heteroatoms. The van der Waals surface area contributed by atoms with E-state index in [1.807, 2.05) is 42.5 Å². The van der Waals surface area contributed by atoms with E-state index >= 15 is 0 Å². The summed E-state index contributed by atoms with van der Waals surface area (Å²) in [7, 11) is 0. The van der Waals surface area contributed by atoms with E-state index in [1.165, 1.54) is 0 Å². The van der Waals surface area contributed by atoms with Gasteiger partial charge in [-0.15, -0.1) is 0 Å². The van der Waals surface area contributed by atoms with Crippen molar-refractivity contribution < 1.29 is 15.0 Å². The summed E-state index contributed by atoms with van der Waals surface area (Å²) in [6, 6.07) is 13.4. The van der Waals surface area contributed by atoms with Gasteiger partial charge < -0.3 is 10.2 Å². The Morgan fingerprint density at radius 2 is 1.70 bits per heavy atom. The summed E-state index contributed by atoms with van der Waals surface area (Å²) in [5.74, 6) is -1.79. The zero-order chi connectivity index (χ0) is 14.2. The predicted molar refractivity (Wildman–Crippen MR) is 77.7 cm³/mol. The molecule has 0 heterocycles. The highest BCUT2D eigenvalue weighted by Gasteiger charge is 2.45. The van der Waals surface area contributed by atoms with Crippen LogP contribution in [-0.4, -0.2) is 21.8 Å². The monoisotopic (exact) mass is 270 g/mol. The van der Waals surface area contributed by atoms with Crippen LogP contribution in [0, 0.1) is 0 Å². The molecule has 0 aromatic heterocycles. The lowest BCUT2D eigenvalue weighted by molar-refractivity contribution is -0.145. The van der Waals surface area contributed by atoms with Crippen LogP contribution in [-0.2, 0) is 4.79 Å². The van der Waals surface area contributed by atoms with Gasteiger partial charge in [0.2, 0.25) is 0 Å². The average molecular weight is 270 g/mol. The lowest BCUT2D eigenvalue weighted by atomic mass is 9.79. The van der Waals surface area contributed by atoms with Crippen LogP contribution in [0.4, 0.5) is 0 Å². The molecule has 1 aliphatic carbocycles. The third kappa shape index (κ3) is 2.08. The Labute approximate surface area is 117 Å². The number of carbonyl (C=O) groups is 1. The largest absolute Gasteiger partial charge is 0.481 e. The fraction of sp³-hybridized carbons (Fsp3) is 0.353. The van der Waals surface area contributed by atoms with Crippen LogP contribution in [0.15, 0.2) is 42.5 Å². The third-order valence-electron chi connectivity index (χ3n) is 4.39. The maximum absolute atomic E-state index is 11.8. The van der Waals surface area contributed by atoms with Crippen LogP contribution < -0.4 is 0 Å². The van der Waals surface area contributed by atoms with Crippen LogP contribution in [0.3, 0.4) is 0 Å². The van der Waals surface area contributed by atoms with Crippen molar-refractivity contribution in [3.63, 3.8) is 0 Å². The lowest BCUT2D eigenvalue weighted by Gasteiger charge is -2.30. The first-order valence-electron chi connectivity index (χ1n) is 7.05. The molecule has 0 amide bonds. The quantitative estimate of drug-likeness (QED) is 0.899. The van der Waals surface area contributed by atoms with Crippen molar-refractivity contribution in [1.29, 1.82) is 0 Å². The Morgan fingerprint density at radius 3 is 2.40 bits per heavy atom. The number of rotatable bonds is 3. The second-order valence-corrected chi connectivity index (χ2v) is 5.65. The third-order valence-corrected chi connectivity index (χ3v) is 4.39. The first-order chi connectivity index (χ1) is 9.62. The second kappa shape index (κ2) is 4.91. The number of benzene rings is 2. The van der Waals surface area contributed by atoms with Crippen LogP contribution >= 0.6 is 0 Å². The molecule has 0 bridgehead atoms. The van der Waals surface area contributed by atoms with Crippen LogP contribution in [0.2, 0.25) is 0 Å². The van der Waals surface area contributed by atoms with Crippen molar-refractivity contribution in [3.05, 3.63) is 48.0 Å². The zero-order valence-electron chi connectivity index (χ0n) is 11.2. The molecule has 0 spiro atoms. The lowest BCUT2D eigenvalue weighted by Crippen LogP contribution is -2.38. The highest BCUT2D eigenvalue weighted by Crippen LogP contribution is 2.43. The minimum Gasteiger partial charge on any atom is -0.481 e. The number of carboxylic acid groups (broad SMARTS) is 1. The Hall–Kier alpha value is -1.87. The smallest absolute Gasteiger partial charge is 0.313 e. The fourth-order valence-corrected chi connectivity index (χ4v) is 3.43. The molecule has 2 aromatic rings. The zero-order valence-corrected chi connectivity index (χ0v) is 11.2. The summed E-state index contributed by atoms with van der Waals surface area (Å²) < 4.78 is 0. The standard InChI is InChI=1S/C17H18O3/c18-16(19)15(17(20)10-3-4-11-17)14-9-5-7-12-6-1-2-8-13(12)14/h1-2,5-9,15,20H,3-4,10-11H2,(H,18,19)/t15-/m1/s1. The molecular formula is C17H18O3. The van der Waals surface area contributed by atoms with Gasteiger partial charge >= 0.3 is 5.97 Å². The molecule has 104 valence electrons. The molecule has 1 atom stereocenters. The van der Waals surface area contributed by atoms with E-state index in [2.05, 4.69) is 0 Å². The van der Waals surface area contributed by atoms with E-state index in [1.54, 1.807) is 0 Å². The molecule has 0 aliphatic heterocycles. The number of hydrogen-bond donors (Lipinski definition) is 2. The maximum Gasteiger partial charge on any atom is 0.313 e. The first-order valence-corrected chi connectivity index (χ1v) is 7.05. The van der Waals surface area contributed by atoms with Crippen molar-refractivity contribution in [3.8, 4) is 0 Å². The molecule has 3 nitrogen and oxygen atoms in total. The van der Waals surface area contributed by atoms with E-state index in [0.29, 0.717) is 12.8 Å². The van der Waals surface area contributed by atoms with Crippen molar-refractivity contribution >= 4 is 16.7 Å². The van der Waals surface area contributed by atoms with Gasteiger partial charge in [0.1, 0.15) is 5.92 Å². The Kier molecular flexibility index (Phi) is 3.22. The molecule has 0 radical (unpaired) electrons. The molecule has 0 saturated heterocycles. The molecule has 1 fully saturated rings. The number of hydrogen-bond acceptors (Lipinski definition) is 2. The van der Waals surface area contributed by atoms with Gasteiger partial charge in [-0.25, -0.2) is 0 Å². The number of carboxylic acids is 1. The average Bonchev–Trinajstić information content (AvgIpc) is 2.86. The van der Waals surface area contributed by atoms with E-state index in [-0.39, 0.29) is 0 Å². The van der Waals surface area contributed by atoms with E-state index in [4.69, 9.17) is 0 Å². The minimum atomic E-state index is -1.12. The fourth-order valence-electron chi connectivity index (χ4n) is 3.43. The Balaban J connectivity index is 2.17. The van der Waals surface area contributed by atoms with Crippen LogP contribution in [0.1, 0.15) is 37.2 Å². The van der Waals surface area contributed by atoms with Gasteiger partial charge in [-0.1, -0.05) is 55.3 Å². The van der Waals surface area contributed by atoms with Gasteiger partial charge in [0.15, 0.2) is 0 Å². The molecule has 1 aliphatic rings. The number of aliphatic hydroxyl groups is 1. The summed E-state index contributed by atoms with van der Waals surface area (Å²) in [4.78, 5) is 11.8. The minimum absolute atomic E-state index is 0.563. The molecule has 20 heavy (non-hydrogen) atoms. The van der Waals surface area contributed by atoms with Crippen LogP contribution in [0.5, 0.6) is 0 Å². The highest BCUT2D eigenvalue weighted by atomic mass is 16.4. The number of fused-ring (bicyclic) bond motifs is 1. The van der Waals surface area contributed by atoms with E-state index in [0.717, 1.165) is 29.2 Å². The van der Waals surface area contributed by atoms with Gasteiger partial charge in [0, 0.05) is 0 Å². The van der Waals surface area contributed by atoms with Gasteiger partial charge in [-0.2, -0.15) is 0 Å². The summed E-state index contributed by atoms with van der Waals surface area (Å²) in [5.41, 5.74) is -0.393. The van der Waals surface area contributed by atoms with Crippen molar-refractivity contribution in [2.75, 3.05) is 0 Å². The SMILES string of the molecule is O=C(O)[C@@H](c1cccc2ccccc12)C1(O)CCCC1. The van der Waals surface area contributed by atoms with Crippen molar-refractivity contribution in [2.24, 2.45) is 0 Å². The van der Waals surface area contributed by atoms with E-state index in [9.17, 15) is 15.0 Å². The predicted octanol–water partition coefficient (Wildman–Crippen LogP) is 3.31. The maximum atomic E-state index is 11.8. The molecular weight excluding hydrogens is 252 g/mol. The van der Waals surface area contributed by atoms with Crippen LogP contribution in [0.25, 0.3) is 10.8 Å². The van der Waals surface area contributed by atoms with Gasteiger partial charge in [0.25, 0.3) is 0 Å². The molecule has 2 aromatic carbocycles. The Morgan fingerprint density at radius 1 is 1.05 bits per heavy atom. The number of aliphatic carboxylic acids is 1. The molecule has 0 unspecified atom stereocenters. The Bertz CT molecular complexity index is 636. The van der Waals surface area contributed by atoms with Gasteiger partial charge in [-0.3, -0.25) is 4.79 Å². The summed E-state index contributed by atoms with van der Waals surface area (Å²) in [6.45, 7) is 0. The van der Waals surface area contributed by atoms with Crippen molar-refractivity contribution in [2.45, 2.75) is 37.2 Å². The summed E-state index contributed by atoms with van der Waals surface area (Å²) >= 11 is 0. The first kappa shape index (κ1) is 13.1. The molecule has 1 saturated carbocycles. The van der Waals surface area contributed by atoms with Gasteiger partial charge in [-0.05, 0) is 29.2 Å². The normalized spacial score (nSPS) is 19.1. The summed E-state index contributed by atoms with van der Waals surface area (Å²) in [5, 5.41) is 22.3. The van der Waals surface area contributed by atoms with Crippen molar-refractivity contribution in [1.82, 2.24) is 0 Å². The van der Waals surface area contributed by atoms with E-state index < -0.39 is 17.5 Å². The topological polar surface area (TPSA) is 57.5 Å². The molecule has 3 rings (SSSR count). The highest BCUT2D eigenvalue weighted by molar-refractivity contribution is 5.91. The summed E-state index contributed by atoms with van der Waals surface area (Å²) in [6.07, 6.45) is 2.91.